The number of esters is 1. The molecule has 1 heterocycles. The van der Waals surface area contributed by atoms with Gasteiger partial charge in [0.2, 0.25) is 16.1 Å². The molecule has 1 unspecified atom stereocenters. The number of likely N-dealkylation sites (tertiary alicyclic amines) is 1. The van der Waals surface area contributed by atoms with Crippen molar-refractivity contribution in [2.75, 3.05) is 19.6 Å². The number of nitrogens with one attached hydrogen (secondary N) is 1. The Kier molecular flexibility index (Phi) is 7.81. The molecule has 1 N–H and O–H groups in total. The largest absolute Gasteiger partial charge is 0.447 e. The lowest BCUT2D eigenvalue weighted by atomic mass is 10.1. The van der Waals surface area contributed by atoms with E-state index in [0.717, 1.165) is 24.8 Å². The first-order valence-corrected chi connectivity index (χ1v) is 11.9. The molecule has 2 aromatic carbocycles. The number of nitrogens with zero attached hydrogens (tertiary/aromatic N) is 1. The van der Waals surface area contributed by atoms with Crippen LogP contribution in [0.25, 0.3) is 0 Å². The number of hydrogen-bond acceptors (Lipinski definition) is 5. The Balaban J connectivity index is 1.61. The standard InChI is InChI=1S/C23H28N2O5S/c1-18-10-12-20(13-11-18)31(28,29)24-15-14-21(26)30-22(19-8-4-2-5-9-19)23(27)25-16-6-3-7-17-25/h2,4-5,8-13,22,24H,3,6-7,14-17H2,1H3. The Labute approximate surface area is 183 Å². The molecule has 1 amide bonds. The van der Waals surface area contributed by atoms with Gasteiger partial charge in [-0.3, -0.25) is 9.59 Å². The quantitative estimate of drug-likeness (QED) is 0.632. The van der Waals surface area contributed by atoms with Crippen LogP contribution >= 0.6 is 0 Å². The summed E-state index contributed by atoms with van der Waals surface area (Å²) in [7, 11) is -3.72. The first-order chi connectivity index (χ1) is 14.9. The minimum absolute atomic E-state index is 0.117. The molecule has 1 aliphatic rings. The number of amides is 1. The number of sulfonamides is 1. The van der Waals surface area contributed by atoms with Crippen molar-refractivity contribution < 1.29 is 22.7 Å². The minimum atomic E-state index is -3.72. The molecule has 0 spiro atoms. The summed E-state index contributed by atoms with van der Waals surface area (Å²) in [6.07, 6.45) is 1.74. The van der Waals surface area contributed by atoms with E-state index in [1.54, 1.807) is 41.3 Å². The SMILES string of the molecule is Cc1ccc(S(=O)(=O)NCCC(=O)OC(C(=O)N2CCCCC2)c2ccccc2)cc1. The second kappa shape index (κ2) is 10.5. The predicted octanol–water partition coefficient (Wildman–Crippen LogP) is 2.96. The van der Waals surface area contributed by atoms with Crippen LogP contribution in [-0.4, -0.2) is 44.8 Å². The van der Waals surface area contributed by atoms with Gasteiger partial charge in [0.25, 0.3) is 5.91 Å². The summed E-state index contributed by atoms with van der Waals surface area (Å²) >= 11 is 0. The van der Waals surface area contributed by atoms with Gasteiger partial charge in [-0.2, -0.15) is 0 Å². The smallest absolute Gasteiger partial charge is 0.308 e. The van der Waals surface area contributed by atoms with Crippen LogP contribution < -0.4 is 4.72 Å². The first kappa shape index (κ1) is 23.0. The molecule has 0 bridgehead atoms. The van der Waals surface area contributed by atoms with Crippen LogP contribution in [-0.2, 0) is 24.3 Å². The van der Waals surface area contributed by atoms with Gasteiger partial charge in [0.1, 0.15) is 0 Å². The fourth-order valence-corrected chi connectivity index (χ4v) is 4.48. The van der Waals surface area contributed by atoms with Crippen LogP contribution in [0.4, 0.5) is 0 Å². The molecule has 2 aromatic rings. The maximum Gasteiger partial charge on any atom is 0.308 e. The van der Waals surface area contributed by atoms with Crippen LogP contribution in [0.5, 0.6) is 0 Å². The molecule has 31 heavy (non-hydrogen) atoms. The number of carbonyl (C=O) groups is 2. The Hall–Kier alpha value is -2.71. The van der Waals surface area contributed by atoms with Crippen molar-refractivity contribution in [3.8, 4) is 0 Å². The Morgan fingerprint density at radius 3 is 2.29 bits per heavy atom. The highest BCUT2D eigenvalue weighted by Gasteiger charge is 2.30. The third-order valence-corrected chi connectivity index (χ3v) is 6.67. The molecule has 3 rings (SSSR count). The Morgan fingerprint density at radius 2 is 1.65 bits per heavy atom. The fourth-order valence-electron chi connectivity index (χ4n) is 3.45. The number of benzene rings is 2. The molecule has 0 aromatic heterocycles. The molecule has 8 heteroatoms. The van der Waals surface area contributed by atoms with Crippen molar-refractivity contribution in [2.45, 2.75) is 43.6 Å². The Morgan fingerprint density at radius 1 is 1.00 bits per heavy atom. The second-order valence-electron chi connectivity index (χ2n) is 7.63. The van der Waals surface area contributed by atoms with Gasteiger partial charge < -0.3 is 9.64 Å². The summed E-state index contributed by atoms with van der Waals surface area (Å²) in [5, 5.41) is 0. The molecule has 0 aliphatic carbocycles. The average molecular weight is 445 g/mol. The first-order valence-electron chi connectivity index (χ1n) is 10.5. The second-order valence-corrected chi connectivity index (χ2v) is 9.39. The zero-order valence-corrected chi connectivity index (χ0v) is 18.4. The molecule has 1 fully saturated rings. The molecule has 0 radical (unpaired) electrons. The molecule has 166 valence electrons. The van der Waals surface area contributed by atoms with E-state index in [-0.39, 0.29) is 23.8 Å². The van der Waals surface area contributed by atoms with Crippen LogP contribution in [0, 0.1) is 6.92 Å². The lowest BCUT2D eigenvalue weighted by Gasteiger charge is -2.30. The highest BCUT2D eigenvalue weighted by Crippen LogP contribution is 2.23. The number of aryl methyl sites for hydroxylation is 1. The summed E-state index contributed by atoms with van der Waals surface area (Å²) in [6.45, 7) is 3.05. The van der Waals surface area contributed by atoms with E-state index in [0.29, 0.717) is 18.7 Å². The number of ether oxygens (including phenoxy) is 1. The third-order valence-electron chi connectivity index (χ3n) is 5.20. The topological polar surface area (TPSA) is 92.8 Å². The van der Waals surface area contributed by atoms with Gasteiger partial charge in [-0.15, -0.1) is 0 Å². The van der Waals surface area contributed by atoms with E-state index in [9.17, 15) is 18.0 Å². The molecule has 0 saturated carbocycles. The summed E-state index contributed by atoms with van der Waals surface area (Å²) in [6, 6.07) is 15.3. The molecular weight excluding hydrogens is 416 g/mol. The van der Waals surface area contributed by atoms with Crippen molar-refractivity contribution in [3.63, 3.8) is 0 Å². The normalized spacial score (nSPS) is 15.3. The van der Waals surface area contributed by atoms with Gasteiger partial charge in [-0.1, -0.05) is 48.0 Å². The van der Waals surface area contributed by atoms with E-state index < -0.39 is 22.1 Å². The minimum Gasteiger partial charge on any atom is -0.447 e. The van der Waals surface area contributed by atoms with Crippen molar-refractivity contribution in [1.29, 1.82) is 0 Å². The van der Waals surface area contributed by atoms with E-state index >= 15 is 0 Å². The van der Waals surface area contributed by atoms with Gasteiger partial charge in [0, 0.05) is 25.2 Å². The van der Waals surface area contributed by atoms with E-state index in [4.69, 9.17) is 4.74 Å². The van der Waals surface area contributed by atoms with Crippen LogP contribution in [0.3, 0.4) is 0 Å². The number of piperidine rings is 1. The number of carbonyl (C=O) groups excluding carboxylic acids is 2. The maximum absolute atomic E-state index is 13.0. The number of rotatable bonds is 8. The lowest BCUT2D eigenvalue weighted by molar-refractivity contribution is -0.161. The van der Waals surface area contributed by atoms with Crippen molar-refractivity contribution in [2.24, 2.45) is 0 Å². The Bertz CT molecular complexity index is 984. The third kappa shape index (κ3) is 6.38. The highest BCUT2D eigenvalue weighted by molar-refractivity contribution is 7.89. The van der Waals surface area contributed by atoms with Crippen LogP contribution in [0.2, 0.25) is 0 Å². The van der Waals surface area contributed by atoms with E-state index in [2.05, 4.69) is 4.72 Å². The molecular formula is C23H28N2O5S. The summed E-state index contributed by atoms with van der Waals surface area (Å²) < 4.78 is 32.6. The summed E-state index contributed by atoms with van der Waals surface area (Å²) in [5.41, 5.74) is 1.56. The van der Waals surface area contributed by atoms with Gasteiger partial charge >= 0.3 is 5.97 Å². The van der Waals surface area contributed by atoms with E-state index in [1.165, 1.54) is 12.1 Å². The van der Waals surface area contributed by atoms with Gasteiger partial charge in [-0.25, -0.2) is 13.1 Å². The average Bonchev–Trinajstić information content (AvgIpc) is 2.78. The maximum atomic E-state index is 13.0. The predicted molar refractivity (Wildman–Crippen MR) is 117 cm³/mol. The summed E-state index contributed by atoms with van der Waals surface area (Å²) in [5.74, 6) is -0.870. The van der Waals surface area contributed by atoms with Crippen molar-refractivity contribution in [1.82, 2.24) is 9.62 Å². The molecule has 1 saturated heterocycles. The highest BCUT2D eigenvalue weighted by atomic mass is 32.2. The molecule has 7 nitrogen and oxygen atoms in total. The van der Waals surface area contributed by atoms with Gasteiger partial charge in [0.15, 0.2) is 0 Å². The lowest BCUT2D eigenvalue weighted by Crippen LogP contribution is -2.40. The van der Waals surface area contributed by atoms with Crippen LogP contribution in [0.1, 0.15) is 42.9 Å². The zero-order chi connectivity index (χ0) is 22.3. The molecule has 1 aliphatic heterocycles. The molecule has 1 atom stereocenters. The van der Waals surface area contributed by atoms with Crippen molar-refractivity contribution >= 4 is 21.9 Å². The zero-order valence-electron chi connectivity index (χ0n) is 17.6. The van der Waals surface area contributed by atoms with Crippen molar-refractivity contribution in [3.05, 3.63) is 65.7 Å². The van der Waals surface area contributed by atoms with Crippen LogP contribution in [0.15, 0.2) is 59.5 Å². The summed E-state index contributed by atoms with van der Waals surface area (Å²) in [4.78, 5) is 27.3. The van der Waals surface area contributed by atoms with Gasteiger partial charge in [0.05, 0.1) is 11.3 Å². The monoisotopic (exact) mass is 444 g/mol. The number of hydrogen-bond donors (Lipinski definition) is 1. The fraction of sp³-hybridized carbons (Fsp3) is 0.391. The van der Waals surface area contributed by atoms with Gasteiger partial charge in [-0.05, 0) is 38.3 Å². The van der Waals surface area contributed by atoms with E-state index in [1.807, 2.05) is 13.0 Å².